The Morgan fingerprint density at radius 2 is 2.17 bits per heavy atom. The molecule has 0 saturated heterocycles. The number of halogens is 2. The first-order valence-corrected chi connectivity index (χ1v) is 6.16. The molecule has 1 amide bonds. The highest BCUT2D eigenvalue weighted by molar-refractivity contribution is 6.42. The number of hydrogen-bond donors (Lipinski definition) is 2. The Hall–Kier alpha value is -1.28. The first-order chi connectivity index (χ1) is 8.43. The maximum absolute atomic E-state index is 11.7. The van der Waals surface area contributed by atoms with Crippen molar-refractivity contribution in [1.29, 1.82) is 5.26 Å². The van der Waals surface area contributed by atoms with Crippen LogP contribution in [0.1, 0.15) is 6.92 Å². The highest BCUT2D eigenvalue weighted by Crippen LogP contribution is 2.24. The molecule has 2 N–H and O–H groups in total. The van der Waals surface area contributed by atoms with E-state index in [1.807, 2.05) is 0 Å². The van der Waals surface area contributed by atoms with Crippen molar-refractivity contribution in [3.63, 3.8) is 0 Å². The molecule has 0 aromatic heterocycles. The molecule has 96 valence electrons. The zero-order valence-corrected chi connectivity index (χ0v) is 11.6. The minimum atomic E-state index is -0.232. The average Bonchev–Trinajstić information content (AvgIpc) is 2.32. The van der Waals surface area contributed by atoms with Crippen LogP contribution < -0.4 is 10.2 Å². The molecule has 0 heterocycles. The van der Waals surface area contributed by atoms with E-state index in [0.717, 1.165) is 4.90 Å². The maximum atomic E-state index is 11.7. The van der Waals surface area contributed by atoms with E-state index in [4.69, 9.17) is 28.5 Å². The van der Waals surface area contributed by atoms with E-state index >= 15 is 0 Å². The SMILES string of the molecule is C[C@H](C#N)[NH+](C)CC(=O)Nc1ccc(Cl)c(Cl)c1. The minimum absolute atomic E-state index is 0.173. The Morgan fingerprint density at radius 3 is 2.72 bits per heavy atom. The minimum Gasteiger partial charge on any atom is -0.321 e. The first kappa shape index (κ1) is 14.8. The third-order valence-corrected chi connectivity index (χ3v) is 3.31. The standard InChI is InChI=1S/C12H13Cl2N3O/c1-8(6-15)17(2)7-12(18)16-9-3-4-10(13)11(14)5-9/h3-5,8H,7H2,1-2H3,(H,16,18)/p+1/t8-/m1/s1. The van der Waals surface area contributed by atoms with Crippen LogP contribution in [0.5, 0.6) is 0 Å². The summed E-state index contributed by atoms with van der Waals surface area (Å²) in [5, 5.41) is 12.3. The molecule has 0 spiro atoms. The number of nitriles is 1. The van der Waals surface area contributed by atoms with Crippen molar-refractivity contribution in [3.8, 4) is 6.07 Å². The van der Waals surface area contributed by atoms with Gasteiger partial charge in [0.15, 0.2) is 12.6 Å². The topological polar surface area (TPSA) is 57.3 Å². The number of amides is 1. The molecule has 0 bridgehead atoms. The molecule has 6 heteroatoms. The molecule has 0 fully saturated rings. The molecule has 0 aliphatic carbocycles. The molecule has 0 saturated carbocycles. The summed E-state index contributed by atoms with van der Waals surface area (Å²) < 4.78 is 0. The molecule has 2 atom stereocenters. The van der Waals surface area contributed by atoms with Crippen LogP contribution in [0.15, 0.2) is 18.2 Å². The maximum Gasteiger partial charge on any atom is 0.279 e. The Kier molecular flexibility index (Phi) is 5.42. The molecule has 1 unspecified atom stereocenters. The molecule has 18 heavy (non-hydrogen) atoms. The van der Waals surface area contributed by atoms with Crippen molar-refractivity contribution in [2.75, 3.05) is 18.9 Å². The van der Waals surface area contributed by atoms with E-state index in [1.54, 1.807) is 32.2 Å². The van der Waals surface area contributed by atoms with Gasteiger partial charge < -0.3 is 10.2 Å². The van der Waals surface area contributed by atoms with Crippen LogP contribution in [-0.2, 0) is 4.79 Å². The highest BCUT2D eigenvalue weighted by atomic mass is 35.5. The lowest BCUT2D eigenvalue weighted by Crippen LogP contribution is -3.13. The zero-order chi connectivity index (χ0) is 13.7. The molecule has 4 nitrogen and oxygen atoms in total. The number of anilines is 1. The average molecular weight is 287 g/mol. The van der Waals surface area contributed by atoms with Crippen molar-refractivity contribution in [2.45, 2.75) is 13.0 Å². The Bertz CT molecular complexity index is 485. The van der Waals surface area contributed by atoms with E-state index < -0.39 is 0 Å². The molecule has 0 radical (unpaired) electrons. The number of nitrogens with zero attached hydrogens (tertiary/aromatic N) is 1. The normalized spacial score (nSPS) is 13.5. The smallest absolute Gasteiger partial charge is 0.279 e. The second-order valence-electron chi connectivity index (χ2n) is 4.05. The second-order valence-corrected chi connectivity index (χ2v) is 4.87. The number of likely N-dealkylation sites (N-methyl/N-ethyl adjacent to an activating group) is 1. The van der Waals surface area contributed by atoms with Crippen molar-refractivity contribution in [1.82, 2.24) is 0 Å². The van der Waals surface area contributed by atoms with Crippen molar-refractivity contribution >= 4 is 34.8 Å². The molecule has 1 rings (SSSR count). The molecule has 1 aromatic carbocycles. The van der Waals surface area contributed by atoms with Crippen LogP contribution in [0.25, 0.3) is 0 Å². The lowest BCUT2D eigenvalue weighted by atomic mass is 10.3. The van der Waals surface area contributed by atoms with Gasteiger partial charge in [-0.05, 0) is 18.2 Å². The number of hydrogen-bond acceptors (Lipinski definition) is 2. The predicted molar refractivity (Wildman–Crippen MR) is 71.9 cm³/mol. The Morgan fingerprint density at radius 1 is 1.50 bits per heavy atom. The molecular formula is C12H14Cl2N3O+. The number of rotatable bonds is 4. The van der Waals surface area contributed by atoms with Crippen LogP contribution in [0.2, 0.25) is 10.0 Å². The number of carbonyl (C=O) groups excluding carboxylic acids is 1. The number of benzene rings is 1. The summed E-state index contributed by atoms with van der Waals surface area (Å²) in [5.74, 6) is -0.173. The fourth-order valence-corrected chi connectivity index (χ4v) is 1.59. The fourth-order valence-electron chi connectivity index (χ4n) is 1.30. The highest BCUT2D eigenvalue weighted by Gasteiger charge is 2.16. The van der Waals surface area contributed by atoms with E-state index in [9.17, 15) is 4.79 Å². The fraction of sp³-hybridized carbons (Fsp3) is 0.333. The van der Waals surface area contributed by atoms with Crippen molar-refractivity contribution < 1.29 is 9.69 Å². The number of carbonyl (C=O) groups is 1. The third-order valence-electron chi connectivity index (χ3n) is 2.58. The quantitative estimate of drug-likeness (QED) is 0.878. The summed E-state index contributed by atoms with van der Waals surface area (Å²) in [6, 6.07) is 6.75. The Labute approximate surface area is 116 Å². The van der Waals surface area contributed by atoms with E-state index in [0.29, 0.717) is 15.7 Å². The van der Waals surface area contributed by atoms with E-state index in [-0.39, 0.29) is 18.5 Å². The Balaban J connectivity index is 2.60. The van der Waals surface area contributed by atoms with Gasteiger partial charge in [-0.15, -0.1) is 0 Å². The zero-order valence-electron chi connectivity index (χ0n) is 10.1. The van der Waals surface area contributed by atoms with Gasteiger partial charge in [0.25, 0.3) is 5.91 Å². The summed E-state index contributed by atoms with van der Waals surface area (Å²) in [5.41, 5.74) is 0.590. The molecule has 1 aromatic rings. The molecule has 0 aliphatic heterocycles. The van der Waals surface area contributed by atoms with E-state index in [1.165, 1.54) is 0 Å². The summed E-state index contributed by atoms with van der Waals surface area (Å²) in [7, 11) is 1.79. The lowest BCUT2D eigenvalue weighted by Gasteiger charge is -2.15. The lowest BCUT2D eigenvalue weighted by molar-refractivity contribution is -0.886. The van der Waals surface area contributed by atoms with Gasteiger partial charge in [0, 0.05) is 12.6 Å². The van der Waals surface area contributed by atoms with Crippen LogP contribution in [0.4, 0.5) is 5.69 Å². The van der Waals surface area contributed by atoms with Gasteiger partial charge in [-0.25, -0.2) is 0 Å². The number of quaternary nitrogens is 1. The van der Waals surface area contributed by atoms with Crippen LogP contribution in [-0.4, -0.2) is 25.5 Å². The van der Waals surface area contributed by atoms with Gasteiger partial charge in [0.1, 0.15) is 6.07 Å². The van der Waals surface area contributed by atoms with E-state index in [2.05, 4.69) is 11.4 Å². The van der Waals surface area contributed by atoms with Gasteiger partial charge in [0.2, 0.25) is 0 Å². The monoisotopic (exact) mass is 286 g/mol. The summed E-state index contributed by atoms with van der Waals surface area (Å²) in [4.78, 5) is 12.6. The predicted octanol–water partition coefficient (Wildman–Crippen LogP) is 1.36. The van der Waals surface area contributed by atoms with Crippen LogP contribution in [0.3, 0.4) is 0 Å². The van der Waals surface area contributed by atoms with Gasteiger partial charge in [-0.1, -0.05) is 23.2 Å². The van der Waals surface area contributed by atoms with Gasteiger partial charge in [0.05, 0.1) is 17.1 Å². The van der Waals surface area contributed by atoms with Crippen molar-refractivity contribution in [3.05, 3.63) is 28.2 Å². The molecular weight excluding hydrogens is 273 g/mol. The first-order valence-electron chi connectivity index (χ1n) is 5.41. The van der Waals surface area contributed by atoms with Gasteiger partial charge in [-0.2, -0.15) is 5.26 Å². The van der Waals surface area contributed by atoms with Gasteiger partial charge >= 0.3 is 0 Å². The van der Waals surface area contributed by atoms with Crippen LogP contribution >= 0.6 is 23.2 Å². The summed E-state index contributed by atoms with van der Waals surface area (Å²) >= 11 is 11.6. The third kappa shape index (κ3) is 4.19. The second kappa shape index (κ2) is 6.60. The van der Waals surface area contributed by atoms with Crippen molar-refractivity contribution in [2.24, 2.45) is 0 Å². The number of nitrogens with one attached hydrogen (secondary N) is 2. The largest absolute Gasteiger partial charge is 0.321 e. The molecule has 0 aliphatic rings. The summed E-state index contributed by atoms with van der Waals surface area (Å²) in [6.07, 6.45) is 0. The van der Waals surface area contributed by atoms with Crippen LogP contribution in [0, 0.1) is 11.3 Å². The summed E-state index contributed by atoms with van der Waals surface area (Å²) in [6.45, 7) is 1.98. The van der Waals surface area contributed by atoms with Gasteiger partial charge in [-0.3, -0.25) is 4.79 Å².